The minimum Gasteiger partial charge on any atom is -0.380 e. The summed E-state index contributed by atoms with van der Waals surface area (Å²) in [5.41, 5.74) is 0. The van der Waals surface area contributed by atoms with Gasteiger partial charge >= 0.3 is 0 Å². The zero-order chi connectivity index (χ0) is 7.61. The Labute approximate surface area is 62.9 Å². The van der Waals surface area contributed by atoms with Crippen molar-refractivity contribution in [2.75, 3.05) is 5.94 Å². The van der Waals surface area contributed by atoms with Gasteiger partial charge < -0.3 is 5.11 Å². The highest BCUT2D eigenvalue weighted by atomic mass is 32.2. The average molecular weight is 178 g/mol. The van der Waals surface area contributed by atoms with Crippen molar-refractivity contribution in [3.8, 4) is 0 Å². The normalized spacial score (nSPS) is 11.7. The first-order valence-corrected chi connectivity index (χ1v) is 5.12. The lowest BCUT2D eigenvalue weighted by atomic mass is 10.7. The van der Waals surface area contributed by atoms with Gasteiger partial charge in [-0.05, 0) is 11.4 Å². The van der Waals surface area contributed by atoms with E-state index in [4.69, 9.17) is 5.11 Å². The van der Waals surface area contributed by atoms with E-state index in [2.05, 4.69) is 0 Å². The number of aliphatic hydroxyl groups is 1. The summed E-state index contributed by atoms with van der Waals surface area (Å²) in [7, 11) is -3.39. The Morgan fingerprint density at radius 3 is 2.70 bits per heavy atom. The topological polar surface area (TPSA) is 54.4 Å². The molecule has 1 heterocycles. The van der Waals surface area contributed by atoms with Crippen LogP contribution < -0.4 is 0 Å². The average Bonchev–Trinajstić information content (AvgIpc) is 2.38. The van der Waals surface area contributed by atoms with Crippen LogP contribution in [0.2, 0.25) is 0 Å². The highest BCUT2D eigenvalue weighted by Gasteiger charge is 2.11. The number of sulfone groups is 1. The van der Waals surface area contributed by atoms with Crippen molar-refractivity contribution in [2.24, 2.45) is 0 Å². The molecule has 0 radical (unpaired) electrons. The van der Waals surface area contributed by atoms with Gasteiger partial charge in [0.15, 0.2) is 0 Å². The lowest BCUT2D eigenvalue weighted by molar-refractivity contribution is 0.358. The van der Waals surface area contributed by atoms with Gasteiger partial charge in [-0.3, -0.25) is 0 Å². The standard InChI is InChI=1S/C5H6O3S2/c6-4-10(7,8)5-1-2-9-3-5/h1-3,6H,4H2. The van der Waals surface area contributed by atoms with Crippen molar-refractivity contribution in [3.63, 3.8) is 0 Å². The Balaban J connectivity index is 3.09. The third-order valence-electron chi connectivity index (χ3n) is 1.02. The zero-order valence-electron chi connectivity index (χ0n) is 5.02. The van der Waals surface area contributed by atoms with Crippen LogP contribution in [0.4, 0.5) is 0 Å². The van der Waals surface area contributed by atoms with Crippen LogP contribution in [0, 0.1) is 0 Å². The maximum atomic E-state index is 10.8. The van der Waals surface area contributed by atoms with E-state index in [1.165, 1.54) is 22.8 Å². The maximum absolute atomic E-state index is 10.8. The molecule has 3 nitrogen and oxygen atoms in total. The van der Waals surface area contributed by atoms with Crippen LogP contribution in [0.15, 0.2) is 21.7 Å². The van der Waals surface area contributed by atoms with Gasteiger partial charge in [0.2, 0.25) is 9.84 Å². The number of aliphatic hydroxyl groups excluding tert-OH is 1. The minimum absolute atomic E-state index is 0.194. The Hall–Kier alpha value is -0.390. The lowest BCUT2D eigenvalue weighted by Gasteiger charge is -1.92. The summed E-state index contributed by atoms with van der Waals surface area (Å²) >= 11 is 1.29. The van der Waals surface area contributed by atoms with E-state index in [-0.39, 0.29) is 4.90 Å². The molecule has 10 heavy (non-hydrogen) atoms. The van der Waals surface area contributed by atoms with E-state index in [1.807, 2.05) is 0 Å². The van der Waals surface area contributed by atoms with Crippen LogP contribution in [0.5, 0.6) is 0 Å². The molecule has 56 valence electrons. The fourth-order valence-electron chi connectivity index (χ4n) is 0.503. The Bertz CT molecular complexity index is 285. The molecule has 5 heteroatoms. The van der Waals surface area contributed by atoms with Crippen LogP contribution in [-0.4, -0.2) is 19.5 Å². The maximum Gasteiger partial charge on any atom is 0.202 e. The van der Waals surface area contributed by atoms with Crippen LogP contribution >= 0.6 is 11.3 Å². The molecule has 1 rings (SSSR count). The third-order valence-corrected chi connectivity index (χ3v) is 3.17. The van der Waals surface area contributed by atoms with Crippen LogP contribution in [-0.2, 0) is 9.84 Å². The van der Waals surface area contributed by atoms with E-state index in [9.17, 15) is 8.42 Å². The van der Waals surface area contributed by atoms with Gasteiger partial charge in [-0.2, -0.15) is 11.3 Å². The summed E-state index contributed by atoms with van der Waals surface area (Å²) in [6.45, 7) is 0. The molecule has 0 aliphatic rings. The molecule has 1 aromatic rings. The largest absolute Gasteiger partial charge is 0.380 e. The van der Waals surface area contributed by atoms with Crippen molar-refractivity contribution >= 4 is 21.2 Å². The quantitative estimate of drug-likeness (QED) is 0.716. The van der Waals surface area contributed by atoms with E-state index >= 15 is 0 Å². The molecule has 1 aromatic heterocycles. The second kappa shape index (κ2) is 2.69. The molecule has 1 N–H and O–H groups in total. The molecular formula is C5H6O3S2. The van der Waals surface area contributed by atoms with Gasteiger partial charge in [0.25, 0.3) is 0 Å². The monoisotopic (exact) mass is 178 g/mol. The Morgan fingerprint density at radius 2 is 2.30 bits per heavy atom. The zero-order valence-corrected chi connectivity index (χ0v) is 6.65. The van der Waals surface area contributed by atoms with Gasteiger partial charge in [-0.1, -0.05) is 0 Å². The first-order valence-electron chi connectivity index (χ1n) is 2.52. The molecule has 0 saturated carbocycles. The first-order chi connectivity index (χ1) is 4.67. The first kappa shape index (κ1) is 7.71. The molecule has 0 spiro atoms. The number of rotatable bonds is 2. The summed E-state index contributed by atoms with van der Waals surface area (Å²) in [4.78, 5) is 0.194. The summed E-state index contributed by atoms with van der Waals surface area (Å²) in [6, 6.07) is 1.47. The predicted molar refractivity (Wildman–Crippen MR) is 38.6 cm³/mol. The summed E-state index contributed by atoms with van der Waals surface area (Å²) in [5, 5.41) is 11.5. The van der Waals surface area contributed by atoms with Crippen molar-refractivity contribution in [1.82, 2.24) is 0 Å². The van der Waals surface area contributed by atoms with Crippen molar-refractivity contribution in [1.29, 1.82) is 0 Å². The van der Waals surface area contributed by atoms with Gasteiger partial charge in [0.1, 0.15) is 5.94 Å². The molecule has 0 fully saturated rings. The molecule has 0 unspecified atom stereocenters. The number of hydrogen-bond acceptors (Lipinski definition) is 4. The predicted octanol–water partition coefficient (Wildman–Crippen LogP) is 0.472. The van der Waals surface area contributed by atoms with E-state index in [1.54, 1.807) is 5.38 Å². The Morgan fingerprint density at radius 1 is 1.60 bits per heavy atom. The van der Waals surface area contributed by atoms with Crippen LogP contribution in [0.1, 0.15) is 0 Å². The molecule has 0 aliphatic carbocycles. The smallest absolute Gasteiger partial charge is 0.202 e. The molecule has 0 saturated heterocycles. The SMILES string of the molecule is O=S(=O)(CO)c1ccsc1. The highest BCUT2D eigenvalue weighted by molar-refractivity contribution is 7.91. The fraction of sp³-hybridized carbons (Fsp3) is 0.200. The van der Waals surface area contributed by atoms with Gasteiger partial charge in [0, 0.05) is 5.38 Å². The summed E-state index contributed by atoms with van der Waals surface area (Å²) < 4.78 is 21.6. The molecular weight excluding hydrogens is 172 g/mol. The summed E-state index contributed by atoms with van der Waals surface area (Å²) in [6.07, 6.45) is 0. The van der Waals surface area contributed by atoms with Crippen LogP contribution in [0.3, 0.4) is 0 Å². The molecule has 0 aromatic carbocycles. The van der Waals surface area contributed by atoms with Crippen molar-refractivity contribution < 1.29 is 13.5 Å². The number of hydrogen-bond donors (Lipinski definition) is 1. The van der Waals surface area contributed by atoms with Crippen molar-refractivity contribution in [2.45, 2.75) is 4.90 Å². The lowest BCUT2D eigenvalue weighted by Crippen LogP contribution is -2.03. The fourth-order valence-corrected chi connectivity index (χ4v) is 2.28. The molecule has 0 aliphatic heterocycles. The van der Waals surface area contributed by atoms with Gasteiger partial charge in [-0.25, -0.2) is 8.42 Å². The van der Waals surface area contributed by atoms with Crippen molar-refractivity contribution in [3.05, 3.63) is 16.8 Å². The van der Waals surface area contributed by atoms with Gasteiger partial charge in [-0.15, -0.1) is 0 Å². The third kappa shape index (κ3) is 1.36. The summed E-state index contributed by atoms with van der Waals surface area (Å²) in [5.74, 6) is -0.816. The number of thiophene rings is 1. The van der Waals surface area contributed by atoms with E-state index < -0.39 is 15.8 Å². The molecule has 0 atom stereocenters. The minimum atomic E-state index is -3.39. The van der Waals surface area contributed by atoms with E-state index in [0.717, 1.165) is 0 Å². The second-order valence-corrected chi connectivity index (χ2v) is 4.44. The van der Waals surface area contributed by atoms with Crippen LogP contribution in [0.25, 0.3) is 0 Å². The van der Waals surface area contributed by atoms with E-state index in [0.29, 0.717) is 0 Å². The molecule has 0 amide bonds. The van der Waals surface area contributed by atoms with Gasteiger partial charge in [0.05, 0.1) is 4.90 Å². The highest BCUT2D eigenvalue weighted by Crippen LogP contribution is 2.13. The second-order valence-electron chi connectivity index (χ2n) is 1.70. The Kier molecular flexibility index (Phi) is 2.08. The molecule has 0 bridgehead atoms.